The van der Waals surface area contributed by atoms with Gasteiger partial charge < -0.3 is 19.2 Å². The summed E-state index contributed by atoms with van der Waals surface area (Å²) in [4.78, 5) is 37.5. The van der Waals surface area contributed by atoms with Gasteiger partial charge in [-0.3, -0.25) is 9.59 Å². The van der Waals surface area contributed by atoms with E-state index in [1.807, 2.05) is 30.3 Å². The Kier molecular flexibility index (Phi) is 7.45. The van der Waals surface area contributed by atoms with Crippen molar-refractivity contribution in [2.75, 3.05) is 13.7 Å². The molecule has 0 unspecified atom stereocenters. The highest BCUT2D eigenvalue weighted by Gasteiger charge is 2.25. The highest BCUT2D eigenvalue weighted by Crippen LogP contribution is 2.25. The van der Waals surface area contributed by atoms with Crippen molar-refractivity contribution in [3.05, 3.63) is 88.8 Å². The van der Waals surface area contributed by atoms with Crippen molar-refractivity contribution in [2.45, 2.75) is 12.5 Å². The van der Waals surface area contributed by atoms with Gasteiger partial charge in [0.2, 0.25) is 0 Å². The maximum absolute atomic E-state index is 12.7. The molecule has 1 amide bonds. The number of Topliss-reactive ketones (excluding diaryl/α,β-unsaturated/α-hetero) is 1. The van der Waals surface area contributed by atoms with E-state index in [0.29, 0.717) is 5.75 Å². The molecule has 0 saturated carbocycles. The molecule has 0 aliphatic carbocycles. The number of methoxy groups -OCH3 is 1. The first-order valence-corrected chi connectivity index (χ1v) is 9.77. The van der Waals surface area contributed by atoms with Gasteiger partial charge in [0.1, 0.15) is 11.8 Å². The molecule has 0 bridgehead atoms. The lowest BCUT2D eigenvalue weighted by atomic mass is 10.1. The summed E-state index contributed by atoms with van der Waals surface area (Å²) >= 11 is 6.04. The largest absolute Gasteiger partial charge is 0.495 e. The average Bonchev–Trinajstić information content (AvgIpc) is 3.32. The van der Waals surface area contributed by atoms with Crippen LogP contribution in [0.15, 0.2) is 71.3 Å². The second-order valence-corrected chi connectivity index (χ2v) is 6.98. The number of amides is 1. The van der Waals surface area contributed by atoms with Crippen LogP contribution in [0.5, 0.6) is 5.75 Å². The molecule has 2 aromatic carbocycles. The summed E-state index contributed by atoms with van der Waals surface area (Å²) in [6, 6.07) is 15.7. The number of benzene rings is 2. The summed E-state index contributed by atoms with van der Waals surface area (Å²) in [6.07, 6.45) is 1.55. The second kappa shape index (κ2) is 10.4. The lowest BCUT2D eigenvalue weighted by molar-refractivity contribution is -0.144. The van der Waals surface area contributed by atoms with Crippen LogP contribution in [0.3, 0.4) is 0 Å². The summed E-state index contributed by atoms with van der Waals surface area (Å²) in [5, 5.41) is 2.87. The number of ketones is 1. The molecule has 0 spiro atoms. The molecule has 160 valence electrons. The third kappa shape index (κ3) is 5.96. The molecule has 0 aliphatic rings. The molecular weight excluding hydrogens is 422 g/mol. The minimum atomic E-state index is -1.01. The molecule has 3 rings (SSSR count). The van der Waals surface area contributed by atoms with Crippen molar-refractivity contribution in [1.82, 2.24) is 5.32 Å². The molecule has 0 fully saturated rings. The Balaban J connectivity index is 1.67. The number of nitrogens with one attached hydrogen (secondary N) is 1. The number of esters is 1. The predicted molar refractivity (Wildman–Crippen MR) is 113 cm³/mol. The Bertz CT molecular complexity index is 1050. The Labute approximate surface area is 183 Å². The first kappa shape index (κ1) is 22.1. The summed E-state index contributed by atoms with van der Waals surface area (Å²) < 4.78 is 15.3. The van der Waals surface area contributed by atoms with E-state index in [9.17, 15) is 14.4 Å². The SMILES string of the molecule is COc1ccc(C(=O)COC(=O)[C@H](Cc2ccccc2)NC(=O)c2ccco2)cc1Cl. The van der Waals surface area contributed by atoms with E-state index in [2.05, 4.69) is 5.32 Å². The molecular formula is C23H20ClNO6. The standard InChI is InChI=1S/C23H20ClNO6/c1-29-20-10-9-16(13-17(20)24)19(26)14-31-23(28)18(12-15-6-3-2-4-7-15)25-22(27)21-8-5-11-30-21/h2-11,13,18H,12,14H2,1H3,(H,25,27)/t18-/m0/s1. The van der Waals surface area contributed by atoms with Gasteiger partial charge in [0.05, 0.1) is 18.4 Å². The van der Waals surface area contributed by atoms with Crippen molar-refractivity contribution in [2.24, 2.45) is 0 Å². The van der Waals surface area contributed by atoms with Crippen LogP contribution < -0.4 is 10.1 Å². The quantitative estimate of drug-likeness (QED) is 0.402. The fourth-order valence-corrected chi connectivity index (χ4v) is 3.10. The molecule has 7 nitrogen and oxygen atoms in total. The van der Waals surface area contributed by atoms with Gasteiger partial charge in [-0.15, -0.1) is 0 Å². The van der Waals surface area contributed by atoms with E-state index < -0.39 is 30.3 Å². The third-order valence-electron chi connectivity index (χ3n) is 4.44. The van der Waals surface area contributed by atoms with Crippen LogP contribution in [-0.4, -0.2) is 37.4 Å². The minimum absolute atomic E-state index is 0.0646. The Hall–Kier alpha value is -3.58. The summed E-state index contributed by atoms with van der Waals surface area (Å²) in [5.74, 6) is -1.24. The summed E-state index contributed by atoms with van der Waals surface area (Å²) in [6.45, 7) is -0.497. The zero-order valence-corrected chi connectivity index (χ0v) is 17.4. The van der Waals surface area contributed by atoms with Crippen LogP contribution in [0, 0.1) is 0 Å². The molecule has 31 heavy (non-hydrogen) atoms. The fraction of sp³-hybridized carbons (Fsp3) is 0.174. The lowest BCUT2D eigenvalue weighted by Crippen LogP contribution is -2.43. The number of carbonyl (C=O) groups is 3. The highest BCUT2D eigenvalue weighted by atomic mass is 35.5. The predicted octanol–water partition coefficient (Wildman–Crippen LogP) is 3.71. The summed E-state index contributed by atoms with van der Waals surface area (Å²) in [5.41, 5.74) is 1.09. The number of hydrogen-bond donors (Lipinski definition) is 1. The molecule has 1 atom stereocenters. The molecule has 1 heterocycles. The molecule has 1 N–H and O–H groups in total. The zero-order chi connectivity index (χ0) is 22.2. The Morgan fingerprint density at radius 2 is 1.84 bits per heavy atom. The van der Waals surface area contributed by atoms with Crippen molar-refractivity contribution in [3.8, 4) is 5.75 Å². The van der Waals surface area contributed by atoms with Crippen molar-refractivity contribution in [3.63, 3.8) is 0 Å². The number of halogens is 1. The maximum Gasteiger partial charge on any atom is 0.329 e. The Morgan fingerprint density at radius 3 is 2.48 bits per heavy atom. The van der Waals surface area contributed by atoms with Crippen LogP contribution in [-0.2, 0) is 16.0 Å². The van der Waals surface area contributed by atoms with E-state index in [4.69, 9.17) is 25.5 Å². The van der Waals surface area contributed by atoms with Crippen LogP contribution in [0.25, 0.3) is 0 Å². The Morgan fingerprint density at radius 1 is 1.06 bits per heavy atom. The monoisotopic (exact) mass is 441 g/mol. The van der Waals surface area contributed by atoms with Gasteiger partial charge in [-0.1, -0.05) is 41.9 Å². The maximum atomic E-state index is 12.7. The van der Waals surface area contributed by atoms with E-state index in [0.717, 1.165) is 5.56 Å². The smallest absolute Gasteiger partial charge is 0.329 e. The first-order chi connectivity index (χ1) is 15.0. The molecule has 0 saturated heterocycles. The van der Waals surface area contributed by atoms with Gasteiger partial charge in [-0.25, -0.2) is 4.79 Å². The summed E-state index contributed by atoms with van der Waals surface area (Å²) in [7, 11) is 1.47. The van der Waals surface area contributed by atoms with Gasteiger partial charge in [-0.2, -0.15) is 0 Å². The molecule has 8 heteroatoms. The second-order valence-electron chi connectivity index (χ2n) is 6.57. The minimum Gasteiger partial charge on any atom is -0.495 e. The number of furan rings is 1. The van der Waals surface area contributed by atoms with E-state index in [-0.39, 0.29) is 22.8 Å². The number of ether oxygens (including phenoxy) is 2. The van der Waals surface area contributed by atoms with Gasteiger partial charge in [0.15, 0.2) is 18.2 Å². The third-order valence-corrected chi connectivity index (χ3v) is 4.73. The van der Waals surface area contributed by atoms with Crippen LogP contribution in [0.1, 0.15) is 26.5 Å². The fourth-order valence-electron chi connectivity index (χ4n) is 2.84. The molecule has 1 aromatic heterocycles. The van der Waals surface area contributed by atoms with Crippen molar-refractivity contribution >= 4 is 29.3 Å². The van der Waals surface area contributed by atoms with Crippen molar-refractivity contribution < 1.29 is 28.3 Å². The van der Waals surface area contributed by atoms with Gasteiger partial charge in [-0.05, 0) is 35.9 Å². The van der Waals surface area contributed by atoms with Crippen LogP contribution >= 0.6 is 11.6 Å². The van der Waals surface area contributed by atoms with Crippen LogP contribution in [0.4, 0.5) is 0 Å². The number of carbonyl (C=O) groups excluding carboxylic acids is 3. The average molecular weight is 442 g/mol. The normalized spacial score (nSPS) is 11.4. The van der Waals surface area contributed by atoms with E-state index >= 15 is 0 Å². The first-order valence-electron chi connectivity index (χ1n) is 9.39. The number of rotatable bonds is 9. The highest BCUT2D eigenvalue weighted by molar-refractivity contribution is 6.32. The van der Waals surface area contributed by atoms with Gasteiger partial charge >= 0.3 is 5.97 Å². The van der Waals surface area contributed by atoms with E-state index in [1.165, 1.54) is 31.6 Å². The van der Waals surface area contributed by atoms with Gasteiger partial charge in [0, 0.05) is 12.0 Å². The molecule has 3 aromatic rings. The lowest BCUT2D eigenvalue weighted by Gasteiger charge is -2.17. The molecule has 0 radical (unpaired) electrons. The van der Waals surface area contributed by atoms with Crippen molar-refractivity contribution in [1.29, 1.82) is 0 Å². The van der Waals surface area contributed by atoms with Gasteiger partial charge in [0.25, 0.3) is 5.91 Å². The van der Waals surface area contributed by atoms with Crippen LogP contribution in [0.2, 0.25) is 5.02 Å². The topological polar surface area (TPSA) is 94.8 Å². The van der Waals surface area contributed by atoms with E-state index in [1.54, 1.807) is 12.1 Å². The molecule has 0 aliphatic heterocycles. The number of hydrogen-bond acceptors (Lipinski definition) is 6. The zero-order valence-electron chi connectivity index (χ0n) is 16.7.